The smallest absolute Gasteiger partial charge is 0.294 e. The van der Waals surface area contributed by atoms with E-state index in [-0.39, 0.29) is 17.6 Å². The van der Waals surface area contributed by atoms with Crippen molar-refractivity contribution in [3.63, 3.8) is 0 Å². The highest BCUT2D eigenvalue weighted by molar-refractivity contribution is 4.87. The molecule has 5 nitrogen and oxygen atoms in total. The van der Waals surface area contributed by atoms with Crippen molar-refractivity contribution in [2.45, 2.75) is 45.8 Å². The van der Waals surface area contributed by atoms with E-state index in [1.807, 2.05) is 0 Å². The summed E-state index contributed by atoms with van der Waals surface area (Å²) in [5, 5.41) is 9.51. The van der Waals surface area contributed by atoms with Crippen molar-refractivity contribution < 1.29 is 9.92 Å². The first kappa shape index (κ1) is 13.2. The van der Waals surface area contributed by atoms with Crippen LogP contribution >= 0.6 is 0 Å². The number of likely N-dealkylation sites (tertiary alicyclic amines) is 1. The highest BCUT2D eigenvalue weighted by Gasteiger charge is 2.30. The normalized spacial score (nSPS) is 21.8. The van der Waals surface area contributed by atoms with Gasteiger partial charge in [-0.05, 0) is 25.2 Å². The Morgan fingerprint density at radius 2 is 1.94 bits per heavy atom. The number of hydrogen-bond donors (Lipinski definition) is 0. The minimum atomic E-state index is -0.689. The minimum Gasteiger partial charge on any atom is -0.310 e. The lowest BCUT2D eigenvalue weighted by Crippen LogP contribution is -2.47. The van der Waals surface area contributed by atoms with E-state index in [9.17, 15) is 10.1 Å². The maximum atomic E-state index is 10.2. The van der Waals surface area contributed by atoms with Gasteiger partial charge in [0, 0.05) is 19.1 Å². The molecule has 0 aromatic carbocycles. The van der Waals surface area contributed by atoms with Gasteiger partial charge in [0.2, 0.25) is 0 Å². The zero-order valence-corrected chi connectivity index (χ0v) is 10.3. The molecule has 0 N–H and O–H groups in total. The predicted octanol–water partition coefficient (Wildman–Crippen LogP) is 1.91. The molecule has 1 radical (unpaired) electrons. The Balaban J connectivity index is 2.40. The molecule has 93 valence electrons. The van der Waals surface area contributed by atoms with Gasteiger partial charge < -0.3 is 4.84 Å². The third-order valence-electron chi connectivity index (χ3n) is 3.15. The van der Waals surface area contributed by atoms with Gasteiger partial charge in [0.1, 0.15) is 6.10 Å². The van der Waals surface area contributed by atoms with E-state index in [0.717, 1.165) is 13.1 Å². The van der Waals surface area contributed by atoms with Gasteiger partial charge in [0.15, 0.2) is 0 Å². The molecule has 0 bridgehead atoms. The first-order valence-electron chi connectivity index (χ1n) is 5.69. The fraction of sp³-hybridized carbons (Fsp3) is 0.909. The summed E-state index contributed by atoms with van der Waals surface area (Å²) in [5.74, 6) is 0. The quantitative estimate of drug-likeness (QED) is 0.548. The SMILES string of the molecule is [CH2]C(N1CCC(O[N+](=O)[O-])CC1)C(C)(C)C. The van der Waals surface area contributed by atoms with Crippen molar-refractivity contribution >= 4 is 0 Å². The zero-order valence-electron chi connectivity index (χ0n) is 10.3. The van der Waals surface area contributed by atoms with Gasteiger partial charge >= 0.3 is 0 Å². The molecule has 0 amide bonds. The molecular formula is C11H21N2O3. The van der Waals surface area contributed by atoms with Gasteiger partial charge in [-0.2, -0.15) is 0 Å². The fourth-order valence-electron chi connectivity index (χ4n) is 1.96. The second-order valence-electron chi connectivity index (χ2n) is 5.45. The Kier molecular flexibility index (Phi) is 4.13. The van der Waals surface area contributed by atoms with E-state index >= 15 is 0 Å². The Morgan fingerprint density at radius 3 is 2.31 bits per heavy atom. The summed E-state index contributed by atoms with van der Waals surface area (Å²) >= 11 is 0. The number of rotatable bonds is 3. The molecular weight excluding hydrogens is 208 g/mol. The van der Waals surface area contributed by atoms with Crippen molar-refractivity contribution in [3.05, 3.63) is 17.0 Å². The molecule has 0 aromatic heterocycles. The lowest BCUT2D eigenvalue weighted by molar-refractivity contribution is -0.769. The number of nitrogens with zero attached hydrogens (tertiary/aromatic N) is 2. The molecule has 0 aliphatic carbocycles. The second kappa shape index (κ2) is 4.99. The predicted molar refractivity (Wildman–Crippen MR) is 61.3 cm³/mol. The lowest BCUT2D eigenvalue weighted by Gasteiger charge is -2.41. The van der Waals surface area contributed by atoms with Gasteiger partial charge in [0.05, 0.1) is 0 Å². The topological polar surface area (TPSA) is 55.6 Å². The molecule has 1 saturated heterocycles. The van der Waals surface area contributed by atoms with Crippen molar-refractivity contribution in [1.82, 2.24) is 4.90 Å². The first-order chi connectivity index (χ1) is 7.30. The fourth-order valence-corrected chi connectivity index (χ4v) is 1.96. The summed E-state index contributed by atoms with van der Waals surface area (Å²) in [4.78, 5) is 17.1. The molecule has 1 fully saturated rings. The summed E-state index contributed by atoms with van der Waals surface area (Å²) in [5.41, 5.74) is 0.136. The molecule has 1 unspecified atom stereocenters. The van der Waals surface area contributed by atoms with E-state index in [0.29, 0.717) is 12.8 Å². The number of hydrogen-bond acceptors (Lipinski definition) is 4. The standard InChI is InChI=1S/C11H21N2O3/c1-9(11(2,3)4)12-7-5-10(6-8-12)16-13(14)15/h9-10H,1,5-8H2,2-4H3. The van der Waals surface area contributed by atoms with Crippen LogP contribution in [0, 0.1) is 22.5 Å². The van der Waals surface area contributed by atoms with Crippen molar-refractivity contribution in [3.8, 4) is 0 Å². The van der Waals surface area contributed by atoms with Crippen molar-refractivity contribution in [2.75, 3.05) is 13.1 Å². The maximum absolute atomic E-state index is 10.2. The molecule has 0 saturated carbocycles. The molecule has 1 atom stereocenters. The summed E-state index contributed by atoms with van der Waals surface area (Å²) < 4.78 is 0. The molecule has 5 heteroatoms. The highest BCUT2D eigenvalue weighted by atomic mass is 17.0. The summed E-state index contributed by atoms with van der Waals surface area (Å²) in [7, 11) is 0. The zero-order chi connectivity index (χ0) is 12.3. The van der Waals surface area contributed by atoms with Crippen LogP contribution in [0.3, 0.4) is 0 Å². The van der Waals surface area contributed by atoms with Crippen LogP contribution in [0.4, 0.5) is 0 Å². The van der Waals surface area contributed by atoms with E-state index in [1.165, 1.54) is 0 Å². The van der Waals surface area contributed by atoms with Crippen molar-refractivity contribution in [1.29, 1.82) is 0 Å². The summed E-state index contributed by atoms with van der Waals surface area (Å²) in [6.07, 6.45) is 1.19. The van der Waals surface area contributed by atoms with Crippen LogP contribution in [0.25, 0.3) is 0 Å². The Morgan fingerprint density at radius 1 is 1.44 bits per heavy atom. The van der Waals surface area contributed by atoms with Crippen LogP contribution in [-0.2, 0) is 4.84 Å². The Bertz CT molecular complexity index is 242. The molecule has 0 aromatic rings. The maximum Gasteiger partial charge on any atom is 0.294 e. The van der Waals surface area contributed by atoms with Gasteiger partial charge in [-0.3, -0.25) is 4.90 Å². The average molecular weight is 229 g/mol. The minimum absolute atomic E-state index is 0.136. The lowest BCUT2D eigenvalue weighted by atomic mass is 9.86. The average Bonchev–Trinajstić information content (AvgIpc) is 2.15. The van der Waals surface area contributed by atoms with E-state index in [2.05, 4.69) is 37.4 Å². The van der Waals surface area contributed by atoms with Gasteiger partial charge in [-0.1, -0.05) is 20.8 Å². The molecule has 1 heterocycles. The van der Waals surface area contributed by atoms with Gasteiger partial charge in [-0.15, -0.1) is 10.1 Å². The van der Waals surface area contributed by atoms with Crippen LogP contribution in [0.2, 0.25) is 0 Å². The van der Waals surface area contributed by atoms with Crippen LogP contribution < -0.4 is 0 Å². The van der Waals surface area contributed by atoms with Crippen LogP contribution in [0.1, 0.15) is 33.6 Å². The molecule has 16 heavy (non-hydrogen) atoms. The largest absolute Gasteiger partial charge is 0.310 e. The van der Waals surface area contributed by atoms with Gasteiger partial charge in [0.25, 0.3) is 5.09 Å². The van der Waals surface area contributed by atoms with Crippen molar-refractivity contribution in [2.24, 2.45) is 5.41 Å². The van der Waals surface area contributed by atoms with Gasteiger partial charge in [-0.25, -0.2) is 0 Å². The first-order valence-corrected chi connectivity index (χ1v) is 5.69. The molecule has 1 aliphatic heterocycles. The molecule has 1 aliphatic rings. The van der Waals surface area contributed by atoms with E-state index < -0.39 is 5.09 Å². The third-order valence-corrected chi connectivity index (χ3v) is 3.15. The monoisotopic (exact) mass is 229 g/mol. The Labute approximate surface area is 96.9 Å². The van der Waals surface area contributed by atoms with E-state index in [1.54, 1.807) is 0 Å². The summed E-state index contributed by atoms with van der Waals surface area (Å²) in [6, 6.07) is 0.240. The molecule has 1 rings (SSSR count). The Hall–Kier alpha value is -0.840. The van der Waals surface area contributed by atoms with E-state index in [4.69, 9.17) is 0 Å². The van der Waals surface area contributed by atoms with Crippen LogP contribution in [-0.4, -0.2) is 35.2 Å². The van der Waals surface area contributed by atoms with Crippen LogP contribution in [0.15, 0.2) is 0 Å². The third kappa shape index (κ3) is 3.63. The highest BCUT2D eigenvalue weighted by Crippen LogP contribution is 2.26. The second-order valence-corrected chi connectivity index (χ2v) is 5.45. The summed E-state index contributed by atoms with van der Waals surface area (Å²) in [6.45, 7) is 12.3. The number of piperidine rings is 1. The molecule has 0 spiro atoms. The van der Waals surface area contributed by atoms with Crippen LogP contribution in [0.5, 0.6) is 0 Å².